The summed E-state index contributed by atoms with van der Waals surface area (Å²) in [5, 5.41) is 0. The Bertz CT molecular complexity index is 463. The lowest BCUT2D eigenvalue weighted by Crippen LogP contribution is -2.41. The standard InChI is InChI=1S/C17H28FN3/c1-4-21-9-5-6-15(21)12-20(3)17(11-19)14-8-7-13(2)16(18)10-14/h7-8,10,15,17H,4-6,9,11-12,19H2,1-3H3. The number of benzene rings is 1. The molecule has 0 saturated carbocycles. The van der Waals surface area contributed by atoms with Crippen LogP contribution in [0.4, 0.5) is 4.39 Å². The Morgan fingerprint density at radius 1 is 1.48 bits per heavy atom. The van der Waals surface area contributed by atoms with Crippen LogP contribution in [0.3, 0.4) is 0 Å². The molecule has 21 heavy (non-hydrogen) atoms. The molecule has 2 rings (SSSR count). The second kappa shape index (κ2) is 7.34. The highest BCUT2D eigenvalue weighted by molar-refractivity contribution is 5.26. The van der Waals surface area contributed by atoms with Gasteiger partial charge in [-0.1, -0.05) is 19.1 Å². The van der Waals surface area contributed by atoms with Gasteiger partial charge in [-0.05, 0) is 57.1 Å². The van der Waals surface area contributed by atoms with E-state index in [1.807, 2.05) is 12.1 Å². The van der Waals surface area contributed by atoms with Crippen molar-refractivity contribution in [1.82, 2.24) is 9.80 Å². The number of likely N-dealkylation sites (tertiary alicyclic amines) is 1. The van der Waals surface area contributed by atoms with E-state index in [-0.39, 0.29) is 11.9 Å². The molecule has 0 amide bonds. The average Bonchev–Trinajstić information content (AvgIpc) is 2.90. The summed E-state index contributed by atoms with van der Waals surface area (Å²) in [5.74, 6) is -0.143. The maximum atomic E-state index is 13.8. The second-order valence-electron chi connectivity index (χ2n) is 6.12. The number of halogens is 1. The summed E-state index contributed by atoms with van der Waals surface area (Å²) in [5.41, 5.74) is 7.62. The number of hydrogen-bond acceptors (Lipinski definition) is 3. The molecule has 0 aromatic heterocycles. The molecule has 1 aromatic carbocycles. The number of aryl methyl sites for hydroxylation is 1. The van der Waals surface area contributed by atoms with Crippen molar-refractivity contribution < 1.29 is 4.39 Å². The van der Waals surface area contributed by atoms with Gasteiger partial charge in [0.25, 0.3) is 0 Å². The van der Waals surface area contributed by atoms with Crippen LogP contribution in [0, 0.1) is 12.7 Å². The third kappa shape index (κ3) is 3.82. The zero-order valence-corrected chi connectivity index (χ0v) is 13.5. The lowest BCUT2D eigenvalue weighted by atomic mass is 10.0. The smallest absolute Gasteiger partial charge is 0.126 e. The summed E-state index contributed by atoms with van der Waals surface area (Å²) in [4.78, 5) is 4.81. The molecule has 0 aliphatic carbocycles. The van der Waals surface area contributed by atoms with Crippen molar-refractivity contribution in [1.29, 1.82) is 0 Å². The van der Waals surface area contributed by atoms with Crippen LogP contribution in [0.15, 0.2) is 18.2 Å². The second-order valence-corrected chi connectivity index (χ2v) is 6.12. The minimum absolute atomic E-state index is 0.0828. The molecule has 2 unspecified atom stereocenters. The number of nitrogens with zero attached hydrogens (tertiary/aromatic N) is 2. The maximum absolute atomic E-state index is 13.8. The highest BCUT2D eigenvalue weighted by atomic mass is 19.1. The van der Waals surface area contributed by atoms with Gasteiger partial charge in [-0.3, -0.25) is 9.80 Å². The Labute approximate surface area is 127 Å². The summed E-state index contributed by atoms with van der Waals surface area (Å²) < 4.78 is 13.8. The minimum Gasteiger partial charge on any atom is -0.329 e. The van der Waals surface area contributed by atoms with Gasteiger partial charge in [-0.15, -0.1) is 0 Å². The third-order valence-corrected chi connectivity index (χ3v) is 4.74. The van der Waals surface area contributed by atoms with E-state index < -0.39 is 0 Å². The predicted octanol–water partition coefficient (Wildman–Crippen LogP) is 2.55. The van der Waals surface area contributed by atoms with Crippen LogP contribution < -0.4 is 5.73 Å². The molecule has 2 atom stereocenters. The highest BCUT2D eigenvalue weighted by Crippen LogP contribution is 2.24. The summed E-state index contributed by atoms with van der Waals surface area (Å²) in [6, 6.07) is 6.16. The van der Waals surface area contributed by atoms with Gasteiger partial charge in [0, 0.05) is 25.2 Å². The zero-order valence-electron chi connectivity index (χ0n) is 13.5. The largest absolute Gasteiger partial charge is 0.329 e. The molecule has 1 fully saturated rings. The first-order valence-corrected chi connectivity index (χ1v) is 7.97. The molecule has 1 aliphatic rings. The van der Waals surface area contributed by atoms with Crippen molar-refractivity contribution in [3.05, 3.63) is 35.1 Å². The number of nitrogens with two attached hydrogens (primary N) is 1. The SMILES string of the molecule is CCN1CCCC1CN(C)C(CN)c1ccc(C)c(F)c1. The molecule has 2 N–H and O–H groups in total. The molecule has 0 radical (unpaired) electrons. The lowest BCUT2D eigenvalue weighted by molar-refractivity contribution is 0.165. The molecular formula is C17H28FN3. The summed E-state index contributed by atoms with van der Waals surface area (Å²) in [6.07, 6.45) is 2.52. The fourth-order valence-electron chi connectivity index (χ4n) is 3.36. The van der Waals surface area contributed by atoms with Crippen LogP contribution in [0.5, 0.6) is 0 Å². The fourth-order valence-corrected chi connectivity index (χ4v) is 3.36. The first kappa shape index (κ1) is 16.4. The van der Waals surface area contributed by atoms with Gasteiger partial charge in [-0.25, -0.2) is 4.39 Å². The lowest BCUT2D eigenvalue weighted by Gasteiger charge is -2.33. The maximum Gasteiger partial charge on any atom is 0.126 e. The van der Waals surface area contributed by atoms with Crippen LogP contribution in [0.2, 0.25) is 0 Å². The summed E-state index contributed by atoms with van der Waals surface area (Å²) in [6.45, 7) is 7.81. The molecule has 1 saturated heterocycles. The zero-order chi connectivity index (χ0) is 15.4. The molecule has 1 aromatic rings. The van der Waals surface area contributed by atoms with Gasteiger partial charge in [0.2, 0.25) is 0 Å². The van der Waals surface area contributed by atoms with E-state index >= 15 is 0 Å². The van der Waals surface area contributed by atoms with Crippen LogP contribution >= 0.6 is 0 Å². The van der Waals surface area contributed by atoms with Crippen LogP contribution in [-0.4, -0.2) is 49.1 Å². The quantitative estimate of drug-likeness (QED) is 0.875. The van der Waals surface area contributed by atoms with E-state index in [1.165, 1.54) is 19.4 Å². The van der Waals surface area contributed by atoms with Crippen molar-refractivity contribution in [3.63, 3.8) is 0 Å². The Balaban J connectivity index is 2.07. The monoisotopic (exact) mass is 293 g/mol. The Hall–Kier alpha value is -0.970. The number of hydrogen-bond donors (Lipinski definition) is 1. The van der Waals surface area contributed by atoms with Gasteiger partial charge in [0.15, 0.2) is 0 Å². The average molecular weight is 293 g/mol. The first-order chi connectivity index (χ1) is 10.1. The van der Waals surface area contributed by atoms with E-state index in [4.69, 9.17) is 5.73 Å². The molecule has 1 aliphatic heterocycles. The Kier molecular flexibility index (Phi) is 5.73. The fraction of sp³-hybridized carbons (Fsp3) is 0.647. The number of rotatable bonds is 6. The summed E-state index contributed by atoms with van der Waals surface area (Å²) in [7, 11) is 2.10. The van der Waals surface area contributed by atoms with E-state index in [0.717, 1.165) is 18.7 Å². The van der Waals surface area contributed by atoms with Crippen LogP contribution in [-0.2, 0) is 0 Å². The van der Waals surface area contributed by atoms with Crippen LogP contribution in [0.25, 0.3) is 0 Å². The molecule has 0 bridgehead atoms. The van der Waals surface area contributed by atoms with Gasteiger partial charge < -0.3 is 5.73 Å². The Morgan fingerprint density at radius 2 is 2.24 bits per heavy atom. The molecular weight excluding hydrogens is 265 g/mol. The molecule has 118 valence electrons. The molecule has 3 nitrogen and oxygen atoms in total. The van der Waals surface area contributed by atoms with Crippen molar-refractivity contribution in [2.24, 2.45) is 5.73 Å². The summed E-state index contributed by atoms with van der Waals surface area (Å²) >= 11 is 0. The van der Waals surface area contributed by atoms with Crippen molar-refractivity contribution >= 4 is 0 Å². The van der Waals surface area contributed by atoms with Crippen molar-refractivity contribution in [2.75, 3.05) is 33.2 Å². The highest BCUT2D eigenvalue weighted by Gasteiger charge is 2.26. The topological polar surface area (TPSA) is 32.5 Å². The van der Waals surface area contributed by atoms with E-state index in [1.54, 1.807) is 13.0 Å². The Morgan fingerprint density at radius 3 is 2.86 bits per heavy atom. The van der Waals surface area contributed by atoms with Gasteiger partial charge in [0.05, 0.1) is 0 Å². The van der Waals surface area contributed by atoms with E-state index in [2.05, 4.69) is 23.8 Å². The first-order valence-electron chi connectivity index (χ1n) is 7.97. The van der Waals surface area contributed by atoms with E-state index in [9.17, 15) is 4.39 Å². The normalized spacial score (nSPS) is 21.1. The van der Waals surface area contributed by atoms with Gasteiger partial charge >= 0.3 is 0 Å². The molecule has 0 spiro atoms. The molecule has 1 heterocycles. The third-order valence-electron chi connectivity index (χ3n) is 4.74. The van der Waals surface area contributed by atoms with Crippen LogP contribution in [0.1, 0.15) is 36.9 Å². The van der Waals surface area contributed by atoms with Crippen molar-refractivity contribution in [2.45, 2.75) is 38.8 Å². The van der Waals surface area contributed by atoms with Crippen molar-refractivity contribution in [3.8, 4) is 0 Å². The minimum atomic E-state index is -0.143. The van der Waals surface area contributed by atoms with Gasteiger partial charge in [-0.2, -0.15) is 0 Å². The van der Waals surface area contributed by atoms with E-state index in [0.29, 0.717) is 18.2 Å². The van der Waals surface area contributed by atoms with Gasteiger partial charge in [0.1, 0.15) is 5.82 Å². The molecule has 4 heteroatoms. The number of likely N-dealkylation sites (N-methyl/N-ethyl adjacent to an activating group) is 2. The predicted molar refractivity (Wildman–Crippen MR) is 85.8 cm³/mol.